The second kappa shape index (κ2) is 4.13. The second-order valence-corrected chi connectivity index (χ2v) is 3.50. The van der Waals surface area contributed by atoms with Crippen LogP contribution in [0.2, 0.25) is 0 Å². The van der Waals surface area contributed by atoms with E-state index in [1.165, 1.54) is 11.1 Å². The molecule has 0 atom stereocenters. The molecule has 1 heterocycles. The summed E-state index contributed by atoms with van der Waals surface area (Å²) in [5.74, 6) is 0. The van der Waals surface area contributed by atoms with Gasteiger partial charge in [0.15, 0.2) is 0 Å². The lowest BCUT2D eigenvalue weighted by molar-refractivity contribution is -0.885. The van der Waals surface area contributed by atoms with E-state index in [0.29, 0.717) is 0 Å². The fourth-order valence-electron chi connectivity index (χ4n) is 1.49. The van der Waals surface area contributed by atoms with Crippen molar-refractivity contribution in [3.63, 3.8) is 0 Å². The first-order chi connectivity index (χ1) is 7.29. The Bertz CT molecular complexity index is 448. The van der Waals surface area contributed by atoms with E-state index in [1.807, 2.05) is 18.5 Å². The number of aromatic nitrogens is 1. The van der Waals surface area contributed by atoms with Gasteiger partial charge in [0.1, 0.15) is 7.11 Å². The fourth-order valence-corrected chi connectivity index (χ4v) is 1.49. The van der Waals surface area contributed by atoms with Gasteiger partial charge in [0.25, 0.3) is 0 Å². The lowest BCUT2D eigenvalue weighted by atomic mass is 10.1. The second-order valence-electron chi connectivity index (χ2n) is 3.50. The van der Waals surface area contributed by atoms with Gasteiger partial charge >= 0.3 is 0 Å². The number of rotatable bonds is 2. The molecule has 1 aromatic heterocycles. The highest BCUT2D eigenvalue weighted by Gasteiger charge is 2.03. The average molecular weight is 200 g/mol. The van der Waals surface area contributed by atoms with Gasteiger partial charge in [-0.3, -0.25) is 4.84 Å². The van der Waals surface area contributed by atoms with Crippen LogP contribution in [0.3, 0.4) is 0 Å². The third-order valence-electron chi connectivity index (χ3n) is 2.37. The minimum Gasteiger partial charge on any atom is -0.275 e. The Balaban J connectivity index is 2.40. The summed E-state index contributed by atoms with van der Waals surface area (Å²) >= 11 is 0. The third-order valence-corrected chi connectivity index (χ3v) is 2.37. The Morgan fingerprint density at radius 1 is 1.00 bits per heavy atom. The lowest BCUT2D eigenvalue weighted by Gasteiger charge is -2.00. The highest BCUT2D eigenvalue weighted by Crippen LogP contribution is 2.17. The van der Waals surface area contributed by atoms with Crippen molar-refractivity contribution in [3.8, 4) is 11.1 Å². The van der Waals surface area contributed by atoms with Crippen LogP contribution in [0.5, 0.6) is 0 Å². The molecule has 0 fully saturated rings. The first-order valence-corrected chi connectivity index (χ1v) is 4.92. The van der Waals surface area contributed by atoms with E-state index in [4.69, 9.17) is 4.84 Å². The number of hydrogen-bond acceptors (Lipinski definition) is 1. The zero-order chi connectivity index (χ0) is 10.7. The van der Waals surface area contributed by atoms with E-state index in [0.717, 1.165) is 5.56 Å². The summed E-state index contributed by atoms with van der Waals surface area (Å²) in [6, 6.07) is 12.5. The van der Waals surface area contributed by atoms with Gasteiger partial charge in [-0.25, -0.2) is 0 Å². The maximum Gasteiger partial charge on any atom is 0.230 e. The summed E-state index contributed by atoms with van der Waals surface area (Å²) in [5, 5.41) is 0. The zero-order valence-electron chi connectivity index (χ0n) is 8.97. The summed E-state index contributed by atoms with van der Waals surface area (Å²) in [4.78, 5) is 5.12. The molecule has 0 aliphatic heterocycles. The van der Waals surface area contributed by atoms with Gasteiger partial charge in [-0.05, 0) is 18.6 Å². The molecule has 0 N–H and O–H groups in total. The van der Waals surface area contributed by atoms with E-state index in [-0.39, 0.29) is 0 Å². The normalized spacial score (nSPS) is 10.0. The molecule has 2 nitrogen and oxygen atoms in total. The van der Waals surface area contributed by atoms with Crippen molar-refractivity contribution in [1.29, 1.82) is 0 Å². The van der Waals surface area contributed by atoms with Gasteiger partial charge in [0.05, 0.1) is 5.56 Å². The van der Waals surface area contributed by atoms with Crippen LogP contribution in [0.1, 0.15) is 5.56 Å². The highest BCUT2D eigenvalue weighted by molar-refractivity contribution is 5.61. The first kappa shape index (κ1) is 9.71. The minimum atomic E-state index is 1.15. The smallest absolute Gasteiger partial charge is 0.230 e. The molecule has 0 aliphatic rings. The van der Waals surface area contributed by atoms with E-state index >= 15 is 0 Å². The fraction of sp³-hybridized carbons (Fsp3) is 0.154. The van der Waals surface area contributed by atoms with E-state index < -0.39 is 0 Å². The van der Waals surface area contributed by atoms with Crippen LogP contribution in [0, 0.1) is 6.92 Å². The molecule has 0 amide bonds. The van der Waals surface area contributed by atoms with Crippen molar-refractivity contribution in [2.75, 3.05) is 7.11 Å². The summed E-state index contributed by atoms with van der Waals surface area (Å²) in [5.41, 5.74) is 3.63. The van der Waals surface area contributed by atoms with E-state index in [2.05, 4.69) is 37.3 Å². The Morgan fingerprint density at radius 2 is 1.73 bits per heavy atom. The van der Waals surface area contributed by atoms with Crippen molar-refractivity contribution >= 4 is 0 Å². The molecular weight excluding hydrogens is 186 g/mol. The van der Waals surface area contributed by atoms with E-state index in [1.54, 1.807) is 11.8 Å². The number of benzene rings is 1. The van der Waals surface area contributed by atoms with E-state index in [9.17, 15) is 0 Å². The van der Waals surface area contributed by atoms with Crippen molar-refractivity contribution < 1.29 is 9.57 Å². The number of hydrogen-bond donors (Lipinski definition) is 0. The molecular formula is C13H14NO+. The van der Waals surface area contributed by atoms with Crippen LogP contribution in [-0.4, -0.2) is 7.11 Å². The van der Waals surface area contributed by atoms with Crippen LogP contribution < -0.4 is 9.57 Å². The summed E-state index contributed by atoms with van der Waals surface area (Å²) in [7, 11) is 1.65. The van der Waals surface area contributed by atoms with Crippen LogP contribution in [0.15, 0.2) is 48.8 Å². The molecule has 76 valence electrons. The molecule has 0 aliphatic carbocycles. The molecule has 0 radical (unpaired) electrons. The van der Waals surface area contributed by atoms with Crippen molar-refractivity contribution in [2.45, 2.75) is 6.92 Å². The molecule has 0 spiro atoms. The summed E-state index contributed by atoms with van der Waals surface area (Å²) < 4.78 is 1.69. The SMILES string of the molecule is CO[n+]1cccc(-c2ccc(C)cc2)c1. The molecule has 0 saturated heterocycles. The van der Waals surface area contributed by atoms with Crippen LogP contribution >= 0.6 is 0 Å². The monoisotopic (exact) mass is 200 g/mol. The van der Waals surface area contributed by atoms with Gasteiger partial charge in [-0.15, -0.1) is 0 Å². The molecule has 2 heteroatoms. The van der Waals surface area contributed by atoms with Gasteiger partial charge in [-0.2, -0.15) is 0 Å². The van der Waals surface area contributed by atoms with Crippen molar-refractivity contribution in [1.82, 2.24) is 0 Å². The Labute approximate surface area is 89.7 Å². The van der Waals surface area contributed by atoms with Crippen LogP contribution in [-0.2, 0) is 0 Å². The van der Waals surface area contributed by atoms with Gasteiger partial charge < -0.3 is 0 Å². The zero-order valence-corrected chi connectivity index (χ0v) is 8.97. The number of aryl methyl sites for hydroxylation is 1. The molecule has 0 unspecified atom stereocenters. The van der Waals surface area contributed by atoms with Crippen LogP contribution in [0.25, 0.3) is 11.1 Å². The molecule has 2 aromatic rings. The topological polar surface area (TPSA) is 13.1 Å². The lowest BCUT2D eigenvalue weighted by Crippen LogP contribution is -2.39. The standard InChI is InChI=1S/C13H14NO/c1-11-5-7-12(8-6-11)13-4-3-9-14(10-13)15-2/h3-10H,1-2H3/q+1. The Hall–Kier alpha value is -1.83. The number of nitrogens with zero attached hydrogens (tertiary/aromatic N) is 1. The van der Waals surface area contributed by atoms with Crippen molar-refractivity contribution in [3.05, 3.63) is 54.4 Å². The summed E-state index contributed by atoms with van der Waals surface area (Å²) in [6.45, 7) is 2.09. The highest BCUT2D eigenvalue weighted by atomic mass is 16.6. The average Bonchev–Trinajstić information content (AvgIpc) is 2.30. The van der Waals surface area contributed by atoms with Crippen molar-refractivity contribution in [2.24, 2.45) is 0 Å². The van der Waals surface area contributed by atoms with Gasteiger partial charge in [0, 0.05) is 10.8 Å². The van der Waals surface area contributed by atoms with Gasteiger partial charge in [-0.1, -0.05) is 29.8 Å². The first-order valence-electron chi connectivity index (χ1n) is 4.92. The maximum atomic E-state index is 5.12. The van der Waals surface area contributed by atoms with Crippen LogP contribution in [0.4, 0.5) is 0 Å². The molecule has 0 bridgehead atoms. The third kappa shape index (κ3) is 2.15. The van der Waals surface area contributed by atoms with Gasteiger partial charge in [0.2, 0.25) is 12.4 Å². The Kier molecular flexibility index (Phi) is 2.68. The number of pyridine rings is 1. The molecule has 2 rings (SSSR count). The minimum absolute atomic E-state index is 1.15. The molecule has 15 heavy (non-hydrogen) atoms. The quantitative estimate of drug-likeness (QED) is 0.676. The summed E-state index contributed by atoms with van der Waals surface area (Å²) in [6.07, 6.45) is 3.84. The molecule has 1 aromatic carbocycles. The predicted molar refractivity (Wildman–Crippen MR) is 59.3 cm³/mol. The Morgan fingerprint density at radius 3 is 2.40 bits per heavy atom. The predicted octanol–water partition coefficient (Wildman–Crippen LogP) is 2.01. The maximum absolute atomic E-state index is 5.12. The largest absolute Gasteiger partial charge is 0.275 e. The molecule has 0 saturated carbocycles.